The number of nitrogens with two attached hydrogens (primary N) is 1. The maximum absolute atomic E-state index is 5.98. The van der Waals surface area contributed by atoms with Crippen molar-refractivity contribution in [1.82, 2.24) is 10.2 Å². The molecule has 0 amide bonds. The minimum absolute atomic E-state index is 0. The number of halogens is 1. The number of nitrogens with one attached hydrogen (secondary N) is 1. The van der Waals surface area contributed by atoms with Gasteiger partial charge in [-0.05, 0) is 25.6 Å². The Bertz CT molecular complexity index is 437. The van der Waals surface area contributed by atoms with Crippen LogP contribution in [-0.2, 0) is 4.74 Å². The highest BCUT2D eigenvalue weighted by atomic mass is 127. The average molecular weight is 434 g/mol. The van der Waals surface area contributed by atoms with Crippen LogP contribution in [0.1, 0.15) is 32.4 Å². The molecule has 1 aromatic rings. The van der Waals surface area contributed by atoms with Crippen LogP contribution in [0.25, 0.3) is 0 Å². The van der Waals surface area contributed by atoms with Gasteiger partial charge >= 0.3 is 0 Å². The van der Waals surface area contributed by atoms with E-state index in [9.17, 15) is 0 Å². The van der Waals surface area contributed by atoms with E-state index in [0.29, 0.717) is 19.1 Å². The molecule has 132 valence electrons. The summed E-state index contributed by atoms with van der Waals surface area (Å²) in [7, 11) is 1.68. The Hall–Kier alpha value is -0.860. The monoisotopic (exact) mass is 434 g/mol. The van der Waals surface area contributed by atoms with Crippen LogP contribution < -0.4 is 11.1 Å². The first-order valence-corrected chi connectivity index (χ1v) is 7.96. The molecule has 0 fully saturated rings. The average Bonchev–Trinajstić information content (AvgIpc) is 2.52. The maximum atomic E-state index is 5.98. The fraction of sp³-hybridized carbons (Fsp3) is 0.588. The molecule has 1 aromatic carbocycles. The van der Waals surface area contributed by atoms with Crippen LogP contribution in [0, 0.1) is 0 Å². The molecule has 5 nitrogen and oxygen atoms in total. The first-order chi connectivity index (χ1) is 10.6. The van der Waals surface area contributed by atoms with Crippen molar-refractivity contribution in [2.75, 3.05) is 33.4 Å². The van der Waals surface area contributed by atoms with Crippen molar-refractivity contribution in [2.45, 2.75) is 32.9 Å². The number of benzene rings is 1. The quantitative estimate of drug-likeness (QED) is 0.357. The van der Waals surface area contributed by atoms with Gasteiger partial charge in [0.15, 0.2) is 5.96 Å². The third-order valence-electron chi connectivity index (χ3n) is 3.68. The van der Waals surface area contributed by atoms with E-state index in [4.69, 9.17) is 10.5 Å². The van der Waals surface area contributed by atoms with Gasteiger partial charge < -0.3 is 15.8 Å². The molecule has 0 heterocycles. The number of likely N-dealkylation sites (N-methyl/N-ethyl adjacent to an activating group) is 1. The summed E-state index contributed by atoms with van der Waals surface area (Å²) in [6.07, 6.45) is 0. The molecule has 0 saturated carbocycles. The molecule has 6 heteroatoms. The Labute approximate surface area is 157 Å². The summed E-state index contributed by atoms with van der Waals surface area (Å²) in [6, 6.07) is 10.9. The molecule has 3 N–H and O–H groups in total. The number of ether oxygens (including phenoxy) is 1. The largest absolute Gasteiger partial charge is 0.383 e. The van der Waals surface area contributed by atoms with Crippen molar-refractivity contribution < 1.29 is 4.74 Å². The number of guanidine groups is 1. The van der Waals surface area contributed by atoms with Crippen molar-refractivity contribution >= 4 is 29.9 Å². The fourth-order valence-corrected chi connectivity index (χ4v) is 2.55. The van der Waals surface area contributed by atoms with Crippen LogP contribution in [0.4, 0.5) is 0 Å². The molecule has 0 bridgehead atoms. The highest BCUT2D eigenvalue weighted by Gasteiger charge is 2.17. The zero-order valence-electron chi connectivity index (χ0n) is 14.7. The predicted molar refractivity (Wildman–Crippen MR) is 108 cm³/mol. The second-order valence-electron chi connectivity index (χ2n) is 5.37. The third-order valence-corrected chi connectivity index (χ3v) is 3.68. The molecular weight excluding hydrogens is 403 g/mol. The zero-order chi connectivity index (χ0) is 16.4. The van der Waals surface area contributed by atoms with Crippen molar-refractivity contribution in [3.8, 4) is 0 Å². The molecule has 2 atom stereocenters. The smallest absolute Gasteiger partial charge is 0.188 e. The normalized spacial score (nSPS) is 14.2. The lowest BCUT2D eigenvalue weighted by Gasteiger charge is -2.29. The van der Waals surface area contributed by atoms with E-state index in [0.717, 1.165) is 13.1 Å². The number of aliphatic imine (C=N–C) groups is 1. The van der Waals surface area contributed by atoms with Crippen LogP contribution in [0.3, 0.4) is 0 Å². The number of hydrogen-bond donors (Lipinski definition) is 2. The van der Waals surface area contributed by atoms with E-state index < -0.39 is 0 Å². The van der Waals surface area contributed by atoms with Crippen molar-refractivity contribution in [3.63, 3.8) is 0 Å². The lowest BCUT2D eigenvalue weighted by molar-refractivity contribution is 0.179. The summed E-state index contributed by atoms with van der Waals surface area (Å²) < 4.78 is 5.09. The molecule has 0 aliphatic carbocycles. The third kappa shape index (κ3) is 7.99. The second-order valence-corrected chi connectivity index (χ2v) is 5.37. The van der Waals surface area contributed by atoms with Crippen LogP contribution in [0.5, 0.6) is 0 Å². The Morgan fingerprint density at radius 3 is 2.39 bits per heavy atom. The Morgan fingerprint density at radius 2 is 1.87 bits per heavy atom. The predicted octanol–water partition coefficient (Wildman–Crippen LogP) is 2.63. The van der Waals surface area contributed by atoms with Gasteiger partial charge in [0.25, 0.3) is 0 Å². The molecule has 0 radical (unpaired) electrons. The standard InChI is InChI=1S/C17H30N4O.HI/c1-5-21(6-2)16(15-10-8-7-9-11-15)12-19-17(18)20-14(3)13-22-4;/h7-11,14,16H,5-6,12-13H2,1-4H3,(H3,18,19,20);1H. The van der Waals surface area contributed by atoms with Crippen molar-refractivity contribution in [2.24, 2.45) is 10.7 Å². The van der Waals surface area contributed by atoms with Crippen molar-refractivity contribution in [1.29, 1.82) is 0 Å². The molecule has 0 aromatic heterocycles. The molecule has 0 saturated heterocycles. The number of nitrogens with zero attached hydrogens (tertiary/aromatic N) is 2. The van der Waals surface area contributed by atoms with Crippen LogP contribution in [0.15, 0.2) is 35.3 Å². The molecule has 0 aliphatic rings. The van der Waals surface area contributed by atoms with Crippen molar-refractivity contribution in [3.05, 3.63) is 35.9 Å². The molecule has 0 spiro atoms. The molecule has 2 unspecified atom stereocenters. The lowest BCUT2D eigenvalue weighted by atomic mass is 10.1. The Balaban J connectivity index is 0.00000484. The van der Waals surface area contributed by atoms with Gasteiger partial charge in [-0.2, -0.15) is 0 Å². The van der Waals surface area contributed by atoms with Gasteiger partial charge in [-0.1, -0.05) is 44.2 Å². The molecule has 1 rings (SSSR count). The summed E-state index contributed by atoms with van der Waals surface area (Å²) in [4.78, 5) is 6.92. The topological polar surface area (TPSA) is 62.9 Å². The van der Waals surface area contributed by atoms with E-state index >= 15 is 0 Å². The van der Waals surface area contributed by atoms with Gasteiger partial charge in [-0.3, -0.25) is 9.89 Å². The Kier molecular flexibility index (Phi) is 12.1. The summed E-state index contributed by atoms with van der Waals surface area (Å²) in [5.74, 6) is 0.470. The zero-order valence-corrected chi connectivity index (χ0v) is 17.0. The van der Waals surface area contributed by atoms with Crippen LogP contribution >= 0.6 is 24.0 Å². The SMILES string of the molecule is CCN(CC)C(CN=C(N)NC(C)COC)c1ccccc1.I. The number of rotatable bonds is 9. The number of hydrogen-bond acceptors (Lipinski definition) is 3. The maximum Gasteiger partial charge on any atom is 0.188 e. The summed E-state index contributed by atoms with van der Waals surface area (Å²) in [5.41, 5.74) is 7.25. The van der Waals surface area contributed by atoms with Crippen LogP contribution in [0.2, 0.25) is 0 Å². The Morgan fingerprint density at radius 1 is 1.26 bits per heavy atom. The van der Waals surface area contributed by atoms with Crippen LogP contribution in [-0.4, -0.2) is 50.3 Å². The van der Waals surface area contributed by atoms with E-state index in [1.165, 1.54) is 5.56 Å². The minimum Gasteiger partial charge on any atom is -0.383 e. The molecular formula is C17H31IN4O. The van der Waals surface area contributed by atoms with Gasteiger partial charge in [-0.15, -0.1) is 24.0 Å². The van der Waals surface area contributed by atoms with E-state index in [1.54, 1.807) is 7.11 Å². The first kappa shape index (κ1) is 22.1. The fourth-order valence-electron chi connectivity index (χ4n) is 2.55. The highest BCUT2D eigenvalue weighted by Crippen LogP contribution is 2.20. The van der Waals surface area contributed by atoms with Gasteiger partial charge in [0.1, 0.15) is 0 Å². The van der Waals surface area contributed by atoms with E-state index in [1.807, 2.05) is 13.0 Å². The first-order valence-electron chi connectivity index (χ1n) is 7.96. The summed E-state index contributed by atoms with van der Waals surface area (Å²) >= 11 is 0. The second kappa shape index (κ2) is 12.5. The molecule has 23 heavy (non-hydrogen) atoms. The van der Waals surface area contributed by atoms with Gasteiger partial charge in [0.05, 0.1) is 19.2 Å². The number of methoxy groups -OCH3 is 1. The summed E-state index contributed by atoms with van der Waals surface area (Å²) in [5, 5.41) is 3.15. The van der Waals surface area contributed by atoms with Gasteiger partial charge in [-0.25, -0.2) is 0 Å². The van der Waals surface area contributed by atoms with Gasteiger partial charge in [0.2, 0.25) is 0 Å². The molecule has 0 aliphatic heterocycles. The lowest BCUT2D eigenvalue weighted by Crippen LogP contribution is -2.41. The van der Waals surface area contributed by atoms with Gasteiger partial charge in [0, 0.05) is 13.2 Å². The highest BCUT2D eigenvalue weighted by molar-refractivity contribution is 14.0. The van der Waals surface area contributed by atoms with E-state index in [2.05, 4.69) is 53.3 Å². The minimum atomic E-state index is 0. The summed E-state index contributed by atoms with van der Waals surface area (Å²) in [6.45, 7) is 9.58. The van der Waals surface area contributed by atoms with E-state index in [-0.39, 0.29) is 36.1 Å².